The molecule has 0 amide bonds. The Morgan fingerprint density at radius 2 is 2.21 bits per heavy atom. The lowest BCUT2D eigenvalue weighted by Gasteiger charge is -2.20. The number of hydrogen-bond donors (Lipinski definition) is 1. The molecule has 0 saturated carbocycles. The highest BCUT2D eigenvalue weighted by Crippen LogP contribution is 2.41. The maximum atomic E-state index is 10.7. The topological polar surface area (TPSA) is 33.1 Å². The Hall–Kier alpha value is -0.460. The fourth-order valence-electron chi connectivity index (χ4n) is 2.71. The van der Waals surface area contributed by atoms with Crippen LogP contribution >= 0.6 is 38.5 Å². The first-order valence-electron chi connectivity index (χ1n) is 6.23. The number of nitrogens with zero attached hydrogens (tertiary/aromatic N) is 1. The Labute approximate surface area is 134 Å². The molecule has 0 aliphatic heterocycles. The minimum Gasteiger partial charge on any atom is -0.388 e. The average molecular weight is 430 g/mol. The zero-order valence-corrected chi connectivity index (χ0v) is 13.9. The van der Waals surface area contributed by atoms with E-state index in [1.807, 2.05) is 30.5 Å². The number of aliphatic hydroxyl groups is 1. The van der Waals surface area contributed by atoms with Crippen molar-refractivity contribution >= 4 is 38.5 Å². The molecule has 1 aliphatic carbocycles. The van der Waals surface area contributed by atoms with Crippen molar-refractivity contribution < 1.29 is 5.11 Å². The van der Waals surface area contributed by atoms with Gasteiger partial charge in [0.25, 0.3) is 0 Å². The molecule has 2 atom stereocenters. The van der Waals surface area contributed by atoms with Crippen molar-refractivity contribution in [1.82, 2.24) is 4.98 Å². The van der Waals surface area contributed by atoms with Crippen molar-refractivity contribution in [1.29, 1.82) is 0 Å². The van der Waals surface area contributed by atoms with Gasteiger partial charge in [-0.3, -0.25) is 4.98 Å². The van der Waals surface area contributed by atoms with Gasteiger partial charge in [0.2, 0.25) is 0 Å². The van der Waals surface area contributed by atoms with Crippen LogP contribution in [0.25, 0.3) is 0 Å². The Bertz CT molecular complexity index is 617. The SMILES string of the molecule is OC(c1cc(Br)ccc1I)C1CCc2cccnc21. The molecule has 19 heavy (non-hydrogen) atoms. The van der Waals surface area contributed by atoms with Crippen LogP contribution in [0.3, 0.4) is 0 Å². The lowest BCUT2D eigenvalue weighted by atomic mass is 9.93. The Morgan fingerprint density at radius 1 is 1.37 bits per heavy atom. The van der Waals surface area contributed by atoms with Crippen LogP contribution in [-0.2, 0) is 6.42 Å². The first kappa shape index (κ1) is 13.5. The number of halogens is 2. The summed E-state index contributed by atoms with van der Waals surface area (Å²) in [5.41, 5.74) is 3.32. The largest absolute Gasteiger partial charge is 0.388 e. The van der Waals surface area contributed by atoms with Crippen LogP contribution in [0.5, 0.6) is 0 Å². The van der Waals surface area contributed by atoms with Crippen LogP contribution in [-0.4, -0.2) is 10.1 Å². The molecule has 2 aromatic rings. The van der Waals surface area contributed by atoms with Gasteiger partial charge < -0.3 is 5.11 Å². The van der Waals surface area contributed by atoms with Gasteiger partial charge >= 0.3 is 0 Å². The zero-order valence-electron chi connectivity index (χ0n) is 10.2. The third-order valence-electron chi connectivity index (χ3n) is 3.66. The molecule has 0 spiro atoms. The molecule has 1 aromatic heterocycles. The molecule has 0 saturated heterocycles. The molecule has 0 radical (unpaired) electrons. The molecular weight excluding hydrogens is 417 g/mol. The summed E-state index contributed by atoms with van der Waals surface area (Å²) in [4.78, 5) is 4.47. The predicted molar refractivity (Wildman–Crippen MR) is 87.1 cm³/mol. The lowest BCUT2D eigenvalue weighted by Crippen LogP contribution is -2.10. The standard InChI is InChI=1S/C15H13BrINO/c16-10-4-6-13(17)12(8-10)15(19)11-5-3-9-2-1-7-18-14(9)11/h1-2,4,6-8,11,15,19H,3,5H2. The van der Waals surface area contributed by atoms with Gasteiger partial charge in [-0.2, -0.15) is 0 Å². The number of rotatable bonds is 2. The van der Waals surface area contributed by atoms with Crippen LogP contribution < -0.4 is 0 Å². The second-order valence-corrected chi connectivity index (χ2v) is 6.88. The van der Waals surface area contributed by atoms with Gasteiger partial charge in [0, 0.05) is 25.9 Å². The number of hydrogen-bond acceptors (Lipinski definition) is 2. The van der Waals surface area contributed by atoms with E-state index in [2.05, 4.69) is 49.6 Å². The second kappa shape index (κ2) is 5.50. The van der Waals surface area contributed by atoms with E-state index < -0.39 is 6.10 Å². The third kappa shape index (κ3) is 2.58. The van der Waals surface area contributed by atoms with E-state index in [1.54, 1.807) is 0 Å². The Morgan fingerprint density at radius 3 is 3.05 bits per heavy atom. The van der Waals surface area contributed by atoms with Gasteiger partial charge in [-0.1, -0.05) is 22.0 Å². The summed E-state index contributed by atoms with van der Waals surface area (Å²) in [5.74, 6) is 0.110. The fraction of sp³-hybridized carbons (Fsp3) is 0.267. The van der Waals surface area contributed by atoms with Crippen LogP contribution in [0.2, 0.25) is 0 Å². The van der Waals surface area contributed by atoms with E-state index in [0.717, 1.165) is 32.1 Å². The average Bonchev–Trinajstić information content (AvgIpc) is 2.84. The molecule has 2 unspecified atom stereocenters. The third-order valence-corrected chi connectivity index (χ3v) is 5.14. The summed E-state index contributed by atoms with van der Waals surface area (Å²) < 4.78 is 2.10. The van der Waals surface area contributed by atoms with E-state index >= 15 is 0 Å². The maximum Gasteiger partial charge on any atom is 0.0884 e. The lowest BCUT2D eigenvalue weighted by molar-refractivity contribution is 0.142. The summed E-state index contributed by atoms with van der Waals surface area (Å²) in [7, 11) is 0. The number of aromatic nitrogens is 1. The molecule has 1 heterocycles. The predicted octanol–water partition coefficient (Wildman–Crippen LogP) is 4.21. The van der Waals surface area contributed by atoms with E-state index in [9.17, 15) is 5.11 Å². The van der Waals surface area contributed by atoms with Gasteiger partial charge in [0.05, 0.1) is 6.10 Å². The molecule has 98 valence electrons. The number of fused-ring (bicyclic) bond motifs is 1. The van der Waals surface area contributed by atoms with E-state index in [0.29, 0.717) is 0 Å². The molecule has 0 fully saturated rings. The van der Waals surface area contributed by atoms with Crippen LogP contribution in [0.4, 0.5) is 0 Å². The molecule has 1 N–H and O–H groups in total. The van der Waals surface area contributed by atoms with Crippen molar-refractivity contribution in [3.63, 3.8) is 0 Å². The summed E-state index contributed by atoms with van der Waals surface area (Å²) >= 11 is 5.75. The molecule has 0 bridgehead atoms. The van der Waals surface area contributed by atoms with E-state index in [-0.39, 0.29) is 5.92 Å². The quantitative estimate of drug-likeness (QED) is 0.725. The molecule has 1 aromatic carbocycles. The zero-order chi connectivity index (χ0) is 13.4. The van der Waals surface area contributed by atoms with Crippen molar-refractivity contribution in [2.75, 3.05) is 0 Å². The van der Waals surface area contributed by atoms with Crippen molar-refractivity contribution in [2.45, 2.75) is 24.9 Å². The Balaban J connectivity index is 1.97. The number of aliphatic hydroxyl groups excluding tert-OH is 1. The monoisotopic (exact) mass is 429 g/mol. The highest BCUT2D eigenvalue weighted by molar-refractivity contribution is 14.1. The number of benzene rings is 1. The van der Waals surface area contributed by atoms with Crippen LogP contribution in [0, 0.1) is 3.57 Å². The van der Waals surface area contributed by atoms with Gasteiger partial charge in [-0.15, -0.1) is 0 Å². The molecule has 1 aliphatic rings. The summed E-state index contributed by atoms with van der Waals surface area (Å²) in [5, 5.41) is 10.7. The molecular formula is C15H13BrINO. The smallest absolute Gasteiger partial charge is 0.0884 e. The molecule has 2 nitrogen and oxygen atoms in total. The number of pyridine rings is 1. The van der Waals surface area contributed by atoms with Crippen molar-refractivity contribution in [2.24, 2.45) is 0 Å². The van der Waals surface area contributed by atoms with Gasteiger partial charge in [-0.05, 0) is 70.8 Å². The molecule has 3 rings (SSSR count). The van der Waals surface area contributed by atoms with Crippen LogP contribution in [0.1, 0.15) is 35.3 Å². The van der Waals surface area contributed by atoms with Gasteiger partial charge in [0.1, 0.15) is 0 Å². The Kier molecular flexibility index (Phi) is 3.91. The number of aryl methyl sites for hydroxylation is 1. The van der Waals surface area contributed by atoms with Crippen molar-refractivity contribution in [3.8, 4) is 0 Å². The van der Waals surface area contributed by atoms with Crippen molar-refractivity contribution in [3.05, 3.63) is 61.4 Å². The van der Waals surface area contributed by atoms with Gasteiger partial charge in [0.15, 0.2) is 0 Å². The highest BCUT2D eigenvalue weighted by Gasteiger charge is 2.31. The maximum absolute atomic E-state index is 10.7. The fourth-order valence-corrected chi connectivity index (χ4v) is 3.74. The second-order valence-electron chi connectivity index (χ2n) is 4.80. The van der Waals surface area contributed by atoms with Crippen LogP contribution in [0.15, 0.2) is 41.0 Å². The molecule has 4 heteroatoms. The minimum absolute atomic E-state index is 0.110. The normalized spacial score (nSPS) is 19.2. The summed E-state index contributed by atoms with van der Waals surface area (Å²) in [6.07, 6.45) is 3.31. The highest BCUT2D eigenvalue weighted by atomic mass is 127. The minimum atomic E-state index is -0.486. The van der Waals surface area contributed by atoms with E-state index in [4.69, 9.17) is 0 Å². The van der Waals surface area contributed by atoms with E-state index in [1.165, 1.54) is 5.56 Å². The van der Waals surface area contributed by atoms with Gasteiger partial charge in [-0.25, -0.2) is 0 Å². The summed E-state index contributed by atoms with van der Waals surface area (Å²) in [6, 6.07) is 10.1. The first-order valence-corrected chi connectivity index (χ1v) is 8.11. The summed E-state index contributed by atoms with van der Waals surface area (Å²) in [6.45, 7) is 0. The first-order chi connectivity index (χ1) is 9.16.